The Balaban J connectivity index is 1.72. The second-order valence-corrected chi connectivity index (χ2v) is 5.49. The molecule has 0 radical (unpaired) electrons. The summed E-state index contributed by atoms with van der Waals surface area (Å²) in [4.78, 5) is 6.87. The molecular formula is C15H21N5. The molecule has 0 bridgehead atoms. The van der Waals surface area contributed by atoms with E-state index in [9.17, 15) is 0 Å². The molecule has 1 aromatic carbocycles. The first kappa shape index (κ1) is 13.1. The van der Waals surface area contributed by atoms with E-state index in [1.54, 1.807) is 0 Å². The molecule has 1 aliphatic heterocycles. The molecule has 5 nitrogen and oxygen atoms in total. The second kappa shape index (κ2) is 5.63. The zero-order chi connectivity index (χ0) is 13.9. The third kappa shape index (κ3) is 2.82. The number of hydrogen-bond acceptors (Lipinski definition) is 4. The van der Waals surface area contributed by atoms with Gasteiger partial charge in [-0.05, 0) is 25.0 Å². The van der Waals surface area contributed by atoms with E-state index in [-0.39, 0.29) is 0 Å². The average molecular weight is 271 g/mol. The summed E-state index contributed by atoms with van der Waals surface area (Å²) in [7, 11) is 0. The van der Waals surface area contributed by atoms with Crippen molar-refractivity contribution in [2.24, 2.45) is 0 Å². The Bertz CT molecular complexity index is 577. The Labute approximate surface area is 119 Å². The maximum Gasteiger partial charge on any atom is 0.244 e. The van der Waals surface area contributed by atoms with Gasteiger partial charge in [-0.3, -0.25) is 5.10 Å². The normalized spacial score (nSPS) is 19.3. The molecule has 1 aromatic heterocycles. The Morgan fingerprint density at radius 3 is 3.00 bits per heavy atom. The van der Waals surface area contributed by atoms with E-state index in [1.807, 2.05) is 0 Å². The van der Waals surface area contributed by atoms with Gasteiger partial charge in [0.25, 0.3) is 0 Å². The number of aryl methyl sites for hydroxylation is 1. The zero-order valence-corrected chi connectivity index (χ0v) is 12.1. The summed E-state index contributed by atoms with van der Waals surface area (Å²) in [6.45, 7) is 7.23. The highest BCUT2D eigenvalue weighted by Crippen LogP contribution is 2.14. The Hall–Kier alpha value is -1.88. The van der Waals surface area contributed by atoms with Gasteiger partial charge in [0.1, 0.15) is 5.82 Å². The van der Waals surface area contributed by atoms with Crippen molar-refractivity contribution in [3.63, 3.8) is 0 Å². The van der Waals surface area contributed by atoms with Crippen molar-refractivity contribution < 1.29 is 0 Å². The van der Waals surface area contributed by atoms with Crippen LogP contribution in [0.15, 0.2) is 24.3 Å². The van der Waals surface area contributed by atoms with Gasteiger partial charge < -0.3 is 10.2 Å². The lowest BCUT2D eigenvalue weighted by Crippen LogP contribution is -2.49. The molecule has 0 spiro atoms. The summed E-state index contributed by atoms with van der Waals surface area (Å²) in [5.74, 6) is 1.75. The minimum atomic E-state index is 0.488. The number of aromatic amines is 1. The summed E-state index contributed by atoms with van der Waals surface area (Å²) in [6, 6.07) is 8.89. The molecule has 106 valence electrons. The number of piperazine rings is 1. The SMILES string of the molecule is Cc1ccccc1Cc1nc(N2CCN[C@H](C)C2)n[nH]1. The molecule has 2 heterocycles. The Morgan fingerprint density at radius 1 is 1.35 bits per heavy atom. The van der Waals surface area contributed by atoms with Gasteiger partial charge in [-0.2, -0.15) is 4.98 Å². The third-order valence-electron chi connectivity index (χ3n) is 3.79. The van der Waals surface area contributed by atoms with Crippen LogP contribution in [0.5, 0.6) is 0 Å². The van der Waals surface area contributed by atoms with Crippen LogP contribution in [-0.4, -0.2) is 40.9 Å². The lowest BCUT2D eigenvalue weighted by molar-refractivity contribution is 0.480. The quantitative estimate of drug-likeness (QED) is 0.888. The lowest BCUT2D eigenvalue weighted by atomic mass is 10.1. The number of nitrogens with zero attached hydrogens (tertiary/aromatic N) is 3. The molecule has 1 aliphatic rings. The van der Waals surface area contributed by atoms with Crippen molar-refractivity contribution in [3.8, 4) is 0 Å². The molecule has 2 aromatic rings. The highest BCUT2D eigenvalue weighted by atomic mass is 15.4. The van der Waals surface area contributed by atoms with Crippen LogP contribution >= 0.6 is 0 Å². The van der Waals surface area contributed by atoms with Gasteiger partial charge >= 0.3 is 0 Å². The van der Waals surface area contributed by atoms with E-state index in [1.165, 1.54) is 11.1 Å². The van der Waals surface area contributed by atoms with Crippen LogP contribution in [0.25, 0.3) is 0 Å². The van der Waals surface area contributed by atoms with E-state index < -0.39 is 0 Å². The Kier molecular flexibility index (Phi) is 3.69. The monoisotopic (exact) mass is 271 g/mol. The molecule has 0 aliphatic carbocycles. The van der Waals surface area contributed by atoms with E-state index in [4.69, 9.17) is 0 Å². The average Bonchev–Trinajstić information content (AvgIpc) is 2.90. The predicted molar refractivity (Wildman–Crippen MR) is 80.0 cm³/mol. The minimum Gasteiger partial charge on any atom is -0.337 e. The highest BCUT2D eigenvalue weighted by Gasteiger charge is 2.19. The van der Waals surface area contributed by atoms with Crippen molar-refractivity contribution in [2.45, 2.75) is 26.3 Å². The first-order valence-corrected chi connectivity index (χ1v) is 7.16. The van der Waals surface area contributed by atoms with Gasteiger partial charge in [-0.25, -0.2) is 0 Å². The second-order valence-electron chi connectivity index (χ2n) is 5.49. The van der Waals surface area contributed by atoms with Crippen LogP contribution in [0.1, 0.15) is 23.9 Å². The number of rotatable bonds is 3. The third-order valence-corrected chi connectivity index (χ3v) is 3.79. The largest absolute Gasteiger partial charge is 0.337 e. The summed E-state index contributed by atoms with van der Waals surface area (Å²) in [5.41, 5.74) is 2.59. The van der Waals surface area contributed by atoms with Gasteiger partial charge in [0.15, 0.2) is 0 Å². The van der Waals surface area contributed by atoms with Crippen molar-refractivity contribution in [3.05, 3.63) is 41.2 Å². The molecule has 0 saturated carbocycles. The molecule has 3 rings (SSSR count). The fourth-order valence-corrected chi connectivity index (χ4v) is 2.61. The first-order valence-electron chi connectivity index (χ1n) is 7.16. The van der Waals surface area contributed by atoms with Gasteiger partial charge in [0.2, 0.25) is 5.95 Å². The molecule has 0 unspecified atom stereocenters. The summed E-state index contributed by atoms with van der Waals surface area (Å²) in [5, 5.41) is 10.9. The molecule has 1 atom stereocenters. The van der Waals surface area contributed by atoms with Crippen LogP contribution in [0.4, 0.5) is 5.95 Å². The van der Waals surface area contributed by atoms with Gasteiger partial charge in [0, 0.05) is 32.1 Å². The lowest BCUT2D eigenvalue weighted by Gasteiger charge is -2.30. The van der Waals surface area contributed by atoms with Crippen molar-refractivity contribution in [2.75, 3.05) is 24.5 Å². The van der Waals surface area contributed by atoms with Crippen LogP contribution in [0.3, 0.4) is 0 Å². The number of hydrogen-bond donors (Lipinski definition) is 2. The number of benzene rings is 1. The Morgan fingerprint density at radius 2 is 2.20 bits per heavy atom. The van der Waals surface area contributed by atoms with E-state index in [0.717, 1.165) is 37.8 Å². The molecular weight excluding hydrogens is 250 g/mol. The number of nitrogens with one attached hydrogen (secondary N) is 2. The summed E-state index contributed by atoms with van der Waals surface area (Å²) < 4.78 is 0. The predicted octanol–water partition coefficient (Wildman–Crippen LogP) is 1.50. The molecule has 1 fully saturated rings. The van der Waals surface area contributed by atoms with Gasteiger partial charge in [-0.1, -0.05) is 24.3 Å². The van der Waals surface area contributed by atoms with Crippen LogP contribution in [-0.2, 0) is 6.42 Å². The van der Waals surface area contributed by atoms with Crippen LogP contribution < -0.4 is 10.2 Å². The maximum atomic E-state index is 4.64. The molecule has 20 heavy (non-hydrogen) atoms. The number of anilines is 1. The number of H-pyrrole nitrogens is 1. The minimum absolute atomic E-state index is 0.488. The van der Waals surface area contributed by atoms with Crippen LogP contribution in [0.2, 0.25) is 0 Å². The van der Waals surface area contributed by atoms with Crippen molar-refractivity contribution >= 4 is 5.95 Å². The zero-order valence-electron chi connectivity index (χ0n) is 12.1. The van der Waals surface area contributed by atoms with Gasteiger partial charge in [0.05, 0.1) is 0 Å². The maximum absolute atomic E-state index is 4.64. The van der Waals surface area contributed by atoms with E-state index in [0.29, 0.717) is 6.04 Å². The van der Waals surface area contributed by atoms with Crippen molar-refractivity contribution in [1.82, 2.24) is 20.5 Å². The molecule has 0 amide bonds. The topological polar surface area (TPSA) is 56.8 Å². The first-order chi connectivity index (χ1) is 9.72. The number of aromatic nitrogens is 3. The highest BCUT2D eigenvalue weighted by molar-refractivity contribution is 5.33. The van der Waals surface area contributed by atoms with E-state index >= 15 is 0 Å². The van der Waals surface area contributed by atoms with Crippen LogP contribution in [0, 0.1) is 6.92 Å². The van der Waals surface area contributed by atoms with E-state index in [2.05, 4.69) is 63.5 Å². The fourth-order valence-electron chi connectivity index (χ4n) is 2.61. The molecule has 1 saturated heterocycles. The summed E-state index contributed by atoms with van der Waals surface area (Å²) in [6.07, 6.45) is 0.807. The standard InChI is InChI=1S/C15H21N5/c1-11-5-3-4-6-13(11)9-14-17-15(19-18-14)20-8-7-16-12(2)10-20/h3-6,12,16H,7-10H2,1-2H3,(H,17,18,19)/t12-/m1/s1. The smallest absolute Gasteiger partial charge is 0.244 e. The molecule has 2 N–H and O–H groups in total. The molecule has 5 heteroatoms. The van der Waals surface area contributed by atoms with Crippen molar-refractivity contribution in [1.29, 1.82) is 0 Å². The summed E-state index contributed by atoms with van der Waals surface area (Å²) >= 11 is 0. The fraction of sp³-hybridized carbons (Fsp3) is 0.467. The van der Waals surface area contributed by atoms with Gasteiger partial charge in [-0.15, -0.1) is 5.10 Å².